The van der Waals surface area contributed by atoms with Gasteiger partial charge >= 0.3 is 0 Å². The van der Waals surface area contributed by atoms with Crippen molar-refractivity contribution in [3.05, 3.63) is 63.2 Å². The Bertz CT molecular complexity index is 797. The third-order valence-corrected chi connectivity index (χ3v) is 5.17. The summed E-state index contributed by atoms with van der Waals surface area (Å²) in [7, 11) is 1.66. The molecule has 1 N–H and O–H groups in total. The molecule has 132 valence electrons. The molecule has 1 fully saturated rings. The van der Waals surface area contributed by atoms with Gasteiger partial charge in [0.1, 0.15) is 12.4 Å². The third kappa shape index (κ3) is 4.16. The van der Waals surface area contributed by atoms with Crippen LogP contribution in [-0.2, 0) is 17.8 Å². The molecule has 0 heterocycles. The van der Waals surface area contributed by atoms with Crippen LogP contribution in [0.15, 0.2) is 30.3 Å². The first-order valence-electron chi connectivity index (χ1n) is 8.70. The van der Waals surface area contributed by atoms with Gasteiger partial charge in [-0.2, -0.15) is 0 Å². The Labute approximate surface area is 154 Å². The molecule has 0 atom stereocenters. The number of carbonyl (C=O) groups is 1. The van der Waals surface area contributed by atoms with Crippen LogP contribution in [0, 0.1) is 13.8 Å². The molecule has 2 aromatic carbocycles. The summed E-state index contributed by atoms with van der Waals surface area (Å²) in [6, 6.07) is 10.1. The average molecular weight is 358 g/mol. The number of hydrogen-bond acceptors (Lipinski definition) is 2. The van der Waals surface area contributed by atoms with Gasteiger partial charge in [0.05, 0.1) is 11.4 Å². The highest BCUT2D eigenvalue weighted by Gasteiger charge is 2.27. The van der Waals surface area contributed by atoms with E-state index in [1.165, 1.54) is 18.4 Å². The number of amides is 1. The van der Waals surface area contributed by atoms with Crippen LogP contribution in [0.2, 0.25) is 5.02 Å². The summed E-state index contributed by atoms with van der Waals surface area (Å²) in [5, 5.41) is 3.33. The van der Waals surface area contributed by atoms with Crippen LogP contribution in [0.4, 0.5) is 0 Å². The van der Waals surface area contributed by atoms with Crippen LogP contribution < -0.4 is 10.1 Å². The summed E-state index contributed by atoms with van der Waals surface area (Å²) in [5.74, 6) is 1.30. The zero-order valence-electron chi connectivity index (χ0n) is 15.0. The van der Waals surface area contributed by atoms with E-state index in [9.17, 15) is 4.79 Å². The maximum atomic E-state index is 11.9. The predicted molar refractivity (Wildman–Crippen MR) is 101 cm³/mol. The van der Waals surface area contributed by atoms with Gasteiger partial charge in [-0.05, 0) is 72.6 Å². The molecule has 0 aliphatic heterocycles. The van der Waals surface area contributed by atoms with Crippen molar-refractivity contribution in [1.82, 2.24) is 5.32 Å². The summed E-state index contributed by atoms with van der Waals surface area (Å²) >= 11 is 6.34. The maximum Gasteiger partial charge on any atom is 0.224 e. The van der Waals surface area contributed by atoms with E-state index in [0.717, 1.165) is 22.3 Å². The van der Waals surface area contributed by atoms with Crippen molar-refractivity contribution in [2.45, 2.75) is 45.6 Å². The van der Waals surface area contributed by atoms with Crippen LogP contribution in [-0.4, -0.2) is 13.0 Å². The fraction of sp³-hybridized carbons (Fsp3) is 0.381. The van der Waals surface area contributed by atoms with Crippen molar-refractivity contribution in [3.8, 4) is 5.75 Å². The lowest BCUT2D eigenvalue weighted by Crippen LogP contribution is -2.21. The van der Waals surface area contributed by atoms with Gasteiger partial charge in [0.15, 0.2) is 0 Å². The number of aryl methyl sites for hydroxylation is 2. The minimum absolute atomic E-state index is 0.0124. The summed E-state index contributed by atoms with van der Waals surface area (Å²) in [6.07, 6.45) is 2.79. The second-order valence-corrected chi connectivity index (χ2v) is 7.17. The van der Waals surface area contributed by atoms with Gasteiger partial charge in [-0.1, -0.05) is 29.8 Å². The van der Waals surface area contributed by atoms with E-state index >= 15 is 0 Å². The van der Waals surface area contributed by atoms with E-state index in [2.05, 4.69) is 11.4 Å². The Hall–Kier alpha value is -2.00. The quantitative estimate of drug-likeness (QED) is 0.813. The molecule has 0 saturated heterocycles. The first kappa shape index (κ1) is 17.8. The molecule has 1 amide bonds. The highest BCUT2D eigenvalue weighted by atomic mass is 35.5. The van der Waals surface area contributed by atoms with E-state index in [1.807, 2.05) is 38.1 Å². The smallest absolute Gasteiger partial charge is 0.224 e. The van der Waals surface area contributed by atoms with Gasteiger partial charge in [-0.15, -0.1) is 0 Å². The lowest BCUT2D eigenvalue weighted by atomic mass is 9.96. The molecule has 3 nitrogen and oxygen atoms in total. The number of carbonyl (C=O) groups excluding carboxylic acids is 1. The maximum absolute atomic E-state index is 11.9. The molecule has 25 heavy (non-hydrogen) atoms. The predicted octanol–water partition coefficient (Wildman–Crippen LogP) is 4.70. The highest BCUT2D eigenvalue weighted by Crippen LogP contribution is 2.43. The standard InChI is InChI=1S/C21H24ClNO2/c1-13-9-19(22)20(10-14(13)2)25-12-18-16(11-21(24)23-3)5-4-6-17(18)15-7-8-15/h4-6,9-10,15H,7-8,11-12H2,1-3H3,(H,23,24). The second-order valence-electron chi connectivity index (χ2n) is 6.76. The summed E-state index contributed by atoms with van der Waals surface area (Å²) in [6.45, 7) is 4.52. The van der Waals surface area contributed by atoms with Crippen LogP contribution in [0.1, 0.15) is 46.6 Å². The van der Waals surface area contributed by atoms with Crippen molar-refractivity contribution in [2.24, 2.45) is 0 Å². The first-order valence-corrected chi connectivity index (χ1v) is 9.08. The lowest BCUT2D eigenvalue weighted by molar-refractivity contribution is -0.119. The topological polar surface area (TPSA) is 38.3 Å². The molecule has 2 aromatic rings. The molecule has 0 aromatic heterocycles. The zero-order valence-corrected chi connectivity index (χ0v) is 15.7. The molecular weight excluding hydrogens is 334 g/mol. The van der Waals surface area contributed by atoms with Gasteiger partial charge in [0.2, 0.25) is 5.91 Å². The molecule has 1 aliphatic rings. The minimum atomic E-state index is 0.0124. The van der Waals surface area contributed by atoms with E-state index in [4.69, 9.17) is 16.3 Å². The van der Waals surface area contributed by atoms with Crippen molar-refractivity contribution < 1.29 is 9.53 Å². The molecule has 4 heteroatoms. The van der Waals surface area contributed by atoms with Crippen LogP contribution in [0.5, 0.6) is 5.75 Å². The number of hydrogen-bond donors (Lipinski definition) is 1. The number of likely N-dealkylation sites (N-methyl/N-ethyl adjacent to an activating group) is 1. The fourth-order valence-corrected chi connectivity index (χ4v) is 3.32. The van der Waals surface area contributed by atoms with Crippen LogP contribution >= 0.6 is 11.6 Å². The number of halogens is 1. The zero-order chi connectivity index (χ0) is 18.0. The van der Waals surface area contributed by atoms with Crippen LogP contribution in [0.3, 0.4) is 0 Å². The Morgan fingerprint density at radius 1 is 1.24 bits per heavy atom. The molecule has 3 rings (SSSR count). The van der Waals surface area contributed by atoms with E-state index < -0.39 is 0 Å². The molecule has 0 bridgehead atoms. The van der Waals surface area contributed by atoms with Crippen molar-refractivity contribution >= 4 is 17.5 Å². The van der Waals surface area contributed by atoms with E-state index in [-0.39, 0.29) is 5.91 Å². The Balaban J connectivity index is 1.88. The highest BCUT2D eigenvalue weighted by molar-refractivity contribution is 6.32. The monoisotopic (exact) mass is 357 g/mol. The Morgan fingerprint density at radius 2 is 1.96 bits per heavy atom. The first-order chi connectivity index (χ1) is 12.0. The number of benzene rings is 2. The molecular formula is C21H24ClNO2. The van der Waals surface area contributed by atoms with Crippen LogP contribution in [0.25, 0.3) is 0 Å². The summed E-state index contributed by atoms with van der Waals surface area (Å²) in [4.78, 5) is 11.9. The average Bonchev–Trinajstić information content (AvgIpc) is 3.42. The largest absolute Gasteiger partial charge is 0.487 e. The minimum Gasteiger partial charge on any atom is -0.487 e. The summed E-state index contributed by atoms with van der Waals surface area (Å²) in [5.41, 5.74) is 5.77. The molecule has 1 saturated carbocycles. The number of rotatable bonds is 6. The lowest BCUT2D eigenvalue weighted by Gasteiger charge is -2.17. The fourth-order valence-electron chi connectivity index (χ4n) is 3.05. The van der Waals surface area contributed by atoms with Gasteiger partial charge in [0, 0.05) is 7.05 Å². The van der Waals surface area contributed by atoms with Gasteiger partial charge in [0.25, 0.3) is 0 Å². The SMILES string of the molecule is CNC(=O)Cc1cccc(C2CC2)c1COc1cc(C)c(C)cc1Cl. The Kier molecular flexibility index (Phi) is 5.33. The normalized spacial score (nSPS) is 13.6. The molecule has 0 radical (unpaired) electrons. The molecule has 0 unspecified atom stereocenters. The second kappa shape index (κ2) is 7.49. The van der Waals surface area contributed by atoms with E-state index in [0.29, 0.717) is 29.7 Å². The van der Waals surface area contributed by atoms with Crippen molar-refractivity contribution in [2.75, 3.05) is 7.05 Å². The van der Waals surface area contributed by atoms with Crippen molar-refractivity contribution in [3.63, 3.8) is 0 Å². The van der Waals surface area contributed by atoms with Gasteiger partial charge in [-0.25, -0.2) is 0 Å². The van der Waals surface area contributed by atoms with E-state index in [1.54, 1.807) is 7.05 Å². The Morgan fingerprint density at radius 3 is 2.64 bits per heavy atom. The number of ether oxygens (including phenoxy) is 1. The van der Waals surface area contributed by atoms with Gasteiger partial charge in [-0.3, -0.25) is 4.79 Å². The summed E-state index contributed by atoms with van der Waals surface area (Å²) < 4.78 is 6.07. The third-order valence-electron chi connectivity index (χ3n) is 4.88. The van der Waals surface area contributed by atoms with Gasteiger partial charge < -0.3 is 10.1 Å². The van der Waals surface area contributed by atoms with Crippen molar-refractivity contribution in [1.29, 1.82) is 0 Å². The molecule has 0 spiro atoms. The number of nitrogens with one attached hydrogen (secondary N) is 1. The molecule has 1 aliphatic carbocycles.